The Kier molecular flexibility index (Phi) is 6.49. The number of nitro groups is 1. The van der Waals surface area contributed by atoms with Crippen LogP contribution in [0.5, 0.6) is 0 Å². The van der Waals surface area contributed by atoms with Crippen molar-refractivity contribution in [3.05, 3.63) is 76.9 Å². The number of hydrogen-bond acceptors (Lipinski definition) is 8. The van der Waals surface area contributed by atoms with Gasteiger partial charge >= 0.3 is 0 Å². The van der Waals surface area contributed by atoms with E-state index in [1.54, 1.807) is 19.4 Å². The molecule has 33 heavy (non-hydrogen) atoms. The van der Waals surface area contributed by atoms with E-state index in [-0.39, 0.29) is 42.6 Å². The van der Waals surface area contributed by atoms with Gasteiger partial charge in [0.15, 0.2) is 0 Å². The molecule has 12 heteroatoms. The average molecular weight is 471 g/mol. The van der Waals surface area contributed by atoms with Crippen LogP contribution in [0.15, 0.2) is 71.2 Å². The number of ether oxygens (including phenoxy) is 1. The number of rotatable bonds is 7. The van der Waals surface area contributed by atoms with Gasteiger partial charge < -0.3 is 9.30 Å². The Hall–Kier alpha value is -3.61. The largest absolute Gasteiger partial charge is 0.379 e. The van der Waals surface area contributed by atoms with Crippen molar-refractivity contribution >= 4 is 27.1 Å². The van der Waals surface area contributed by atoms with Gasteiger partial charge in [-0.15, -0.1) is 0 Å². The Bertz CT molecular complexity index is 1270. The second-order valence-corrected chi connectivity index (χ2v) is 9.19. The van der Waals surface area contributed by atoms with Gasteiger partial charge in [-0.3, -0.25) is 15.5 Å². The SMILES string of the molecule is CC(=NNc1ccc([N+](=O)[O-])cc1S(=O)(=O)N1CCOCC1)c1ccc(-n2ccnc2)cc1. The number of nitro benzene ring substituents is 1. The van der Waals surface area contributed by atoms with Crippen LogP contribution >= 0.6 is 0 Å². The van der Waals surface area contributed by atoms with Gasteiger partial charge in [0.05, 0.1) is 35.9 Å². The van der Waals surface area contributed by atoms with E-state index in [0.717, 1.165) is 17.3 Å². The van der Waals surface area contributed by atoms with Gasteiger partial charge in [-0.25, -0.2) is 13.4 Å². The summed E-state index contributed by atoms with van der Waals surface area (Å²) in [4.78, 5) is 14.5. The van der Waals surface area contributed by atoms with E-state index in [4.69, 9.17) is 4.74 Å². The first-order valence-corrected chi connectivity index (χ1v) is 11.6. The van der Waals surface area contributed by atoms with Crippen LogP contribution in [0.4, 0.5) is 11.4 Å². The monoisotopic (exact) mass is 470 g/mol. The summed E-state index contributed by atoms with van der Waals surface area (Å²) in [5.41, 5.74) is 4.99. The van der Waals surface area contributed by atoms with E-state index in [2.05, 4.69) is 15.5 Å². The highest BCUT2D eigenvalue weighted by Gasteiger charge is 2.30. The molecule has 2 aromatic carbocycles. The first-order valence-electron chi connectivity index (χ1n) is 10.1. The van der Waals surface area contributed by atoms with Crippen LogP contribution < -0.4 is 5.43 Å². The molecule has 4 rings (SSSR count). The topological polar surface area (TPSA) is 132 Å². The van der Waals surface area contributed by atoms with Crippen LogP contribution in [-0.2, 0) is 14.8 Å². The molecule has 2 heterocycles. The van der Waals surface area contributed by atoms with E-state index in [1.807, 2.05) is 35.0 Å². The van der Waals surface area contributed by atoms with Crippen molar-refractivity contribution in [2.45, 2.75) is 11.8 Å². The summed E-state index contributed by atoms with van der Waals surface area (Å²) in [6.45, 7) is 2.67. The van der Waals surface area contributed by atoms with E-state index < -0.39 is 14.9 Å². The van der Waals surface area contributed by atoms with Crippen molar-refractivity contribution in [3.63, 3.8) is 0 Å². The van der Waals surface area contributed by atoms with Crippen molar-refractivity contribution < 1.29 is 18.1 Å². The van der Waals surface area contributed by atoms with Gasteiger partial charge in [-0.05, 0) is 30.7 Å². The normalized spacial score (nSPS) is 15.4. The number of nitrogens with one attached hydrogen (secondary N) is 1. The van der Waals surface area contributed by atoms with Crippen molar-refractivity contribution in [3.8, 4) is 5.69 Å². The molecule has 1 saturated heterocycles. The first-order chi connectivity index (χ1) is 15.9. The predicted octanol–water partition coefficient (Wildman–Crippen LogP) is 2.64. The maximum absolute atomic E-state index is 13.2. The molecule has 1 aromatic heterocycles. The molecule has 11 nitrogen and oxygen atoms in total. The highest BCUT2D eigenvalue weighted by atomic mass is 32.2. The van der Waals surface area contributed by atoms with Gasteiger partial charge in [0.2, 0.25) is 10.0 Å². The van der Waals surface area contributed by atoms with Crippen molar-refractivity contribution in [1.82, 2.24) is 13.9 Å². The van der Waals surface area contributed by atoms with Gasteiger partial charge in [0.25, 0.3) is 5.69 Å². The van der Waals surface area contributed by atoms with Crippen LogP contribution in [0.25, 0.3) is 5.69 Å². The smallest absolute Gasteiger partial charge is 0.270 e. The fourth-order valence-electron chi connectivity index (χ4n) is 3.35. The molecular weight excluding hydrogens is 448 g/mol. The number of sulfonamides is 1. The van der Waals surface area contributed by atoms with E-state index >= 15 is 0 Å². The lowest BCUT2D eigenvalue weighted by molar-refractivity contribution is -0.385. The lowest BCUT2D eigenvalue weighted by atomic mass is 10.1. The Morgan fingerprint density at radius 1 is 1.18 bits per heavy atom. The average Bonchev–Trinajstić information content (AvgIpc) is 3.38. The molecule has 0 saturated carbocycles. The number of imidazole rings is 1. The number of hydrogen-bond donors (Lipinski definition) is 1. The molecular formula is C21H22N6O5S. The zero-order valence-electron chi connectivity index (χ0n) is 17.8. The predicted molar refractivity (Wildman–Crippen MR) is 122 cm³/mol. The number of anilines is 1. The highest BCUT2D eigenvalue weighted by Crippen LogP contribution is 2.29. The molecule has 1 N–H and O–H groups in total. The number of benzene rings is 2. The van der Waals surface area contributed by atoms with Crippen LogP contribution in [0.2, 0.25) is 0 Å². The zero-order valence-corrected chi connectivity index (χ0v) is 18.6. The third-order valence-corrected chi connectivity index (χ3v) is 7.13. The van der Waals surface area contributed by atoms with Crippen molar-refractivity contribution in [1.29, 1.82) is 0 Å². The first kappa shape index (κ1) is 22.6. The summed E-state index contributed by atoms with van der Waals surface area (Å²) < 4.78 is 34.8. The second-order valence-electron chi connectivity index (χ2n) is 7.28. The van der Waals surface area contributed by atoms with Gasteiger partial charge in [-0.1, -0.05) is 12.1 Å². The molecule has 0 bridgehead atoms. The Balaban J connectivity index is 1.62. The van der Waals surface area contributed by atoms with E-state index in [1.165, 1.54) is 16.4 Å². The van der Waals surface area contributed by atoms with Crippen LogP contribution in [-0.4, -0.2) is 59.2 Å². The number of morpholine rings is 1. The standard InChI is InChI=1S/C21H22N6O5S/c1-16(17-2-4-18(5-3-17)25-9-8-22-15-25)23-24-20-7-6-19(27(28)29)14-21(20)33(30,31)26-10-12-32-13-11-26/h2-9,14-15,24H,10-13H2,1H3. The Morgan fingerprint density at radius 3 is 2.55 bits per heavy atom. The fraction of sp³-hybridized carbons (Fsp3) is 0.238. The minimum atomic E-state index is -3.98. The van der Waals surface area contributed by atoms with Crippen molar-refractivity contribution in [2.24, 2.45) is 5.10 Å². The molecule has 0 aliphatic carbocycles. The van der Waals surface area contributed by atoms with Gasteiger partial charge in [-0.2, -0.15) is 9.41 Å². The lowest BCUT2D eigenvalue weighted by Gasteiger charge is -2.26. The summed E-state index contributed by atoms with van der Waals surface area (Å²) >= 11 is 0. The van der Waals surface area contributed by atoms with Crippen LogP contribution in [0.1, 0.15) is 12.5 Å². The molecule has 1 aliphatic heterocycles. The summed E-state index contributed by atoms with van der Waals surface area (Å²) in [7, 11) is -3.98. The number of hydrazone groups is 1. The molecule has 0 radical (unpaired) electrons. The van der Waals surface area contributed by atoms with Crippen LogP contribution in [0.3, 0.4) is 0 Å². The molecule has 0 spiro atoms. The van der Waals surface area contributed by atoms with Gasteiger partial charge in [0.1, 0.15) is 4.90 Å². The molecule has 3 aromatic rings. The van der Waals surface area contributed by atoms with Gasteiger partial charge in [0, 0.05) is 43.3 Å². The number of nitrogens with zero attached hydrogens (tertiary/aromatic N) is 5. The Morgan fingerprint density at radius 2 is 1.91 bits per heavy atom. The lowest BCUT2D eigenvalue weighted by Crippen LogP contribution is -2.40. The summed E-state index contributed by atoms with van der Waals surface area (Å²) in [5.74, 6) is 0. The summed E-state index contributed by atoms with van der Waals surface area (Å²) in [5, 5.41) is 15.6. The maximum Gasteiger partial charge on any atom is 0.270 e. The third-order valence-electron chi connectivity index (χ3n) is 5.20. The third kappa shape index (κ3) is 4.92. The number of non-ortho nitro benzene ring substituents is 1. The minimum absolute atomic E-state index is 0.154. The van der Waals surface area contributed by atoms with Crippen molar-refractivity contribution in [2.75, 3.05) is 31.7 Å². The maximum atomic E-state index is 13.2. The molecule has 0 amide bonds. The minimum Gasteiger partial charge on any atom is -0.379 e. The summed E-state index contributed by atoms with van der Waals surface area (Å²) in [6, 6.07) is 11.2. The molecule has 0 unspecified atom stereocenters. The van der Waals surface area contributed by atoms with E-state index in [9.17, 15) is 18.5 Å². The summed E-state index contributed by atoms with van der Waals surface area (Å²) in [6.07, 6.45) is 5.22. The molecule has 1 fully saturated rings. The quantitative estimate of drug-likeness (QED) is 0.319. The highest BCUT2D eigenvalue weighted by molar-refractivity contribution is 7.89. The Labute approximate surface area is 190 Å². The number of aromatic nitrogens is 2. The zero-order chi connectivity index (χ0) is 23.4. The molecule has 0 atom stereocenters. The molecule has 172 valence electrons. The van der Waals surface area contributed by atoms with Crippen LogP contribution in [0, 0.1) is 10.1 Å². The fourth-order valence-corrected chi connectivity index (χ4v) is 4.92. The van der Waals surface area contributed by atoms with E-state index in [0.29, 0.717) is 5.71 Å². The molecule has 1 aliphatic rings. The second kappa shape index (κ2) is 9.48.